The van der Waals surface area contributed by atoms with Crippen LogP contribution in [0.25, 0.3) is 0 Å². The molecule has 162 valence electrons. The lowest BCUT2D eigenvalue weighted by Crippen LogP contribution is -2.22. The van der Waals surface area contributed by atoms with Crippen LogP contribution < -0.4 is 11.1 Å². The molecule has 4 nitrogen and oxygen atoms in total. The van der Waals surface area contributed by atoms with Crippen molar-refractivity contribution in [2.45, 2.75) is 44.5 Å². The molecule has 1 fully saturated rings. The fraction of sp³-hybridized carbons (Fsp3) is 0.429. The number of carbonyl (C=O) groups is 1. The Morgan fingerprint density at radius 1 is 1.17 bits per heavy atom. The van der Waals surface area contributed by atoms with Gasteiger partial charge in [0.05, 0.1) is 21.8 Å². The van der Waals surface area contributed by atoms with Crippen LogP contribution in [0.1, 0.15) is 58.6 Å². The fourth-order valence-electron chi connectivity index (χ4n) is 3.88. The normalized spacial score (nSPS) is 19.5. The van der Waals surface area contributed by atoms with E-state index in [2.05, 4.69) is 10.3 Å². The molecule has 30 heavy (non-hydrogen) atoms. The van der Waals surface area contributed by atoms with Crippen molar-refractivity contribution >= 4 is 23.2 Å². The smallest absolute Gasteiger partial charge is 0.384 e. The Labute approximate surface area is 176 Å². The number of aromatic nitrogens is 1. The van der Waals surface area contributed by atoms with Gasteiger partial charge < -0.3 is 11.1 Å². The zero-order valence-electron chi connectivity index (χ0n) is 16.1. The van der Waals surface area contributed by atoms with E-state index >= 15 is 0 Å². The van der Waals surface area contributed by atoms with Gasteiger partial charge in [-0.3, -0.25) is 9.78 Å². The SMILES string of the molecule is NC(=O)c1cc(C(F)(F)F)cc(C2CCC(CNc3cncc(CF)c3)CC2)c1Cl. The average Bonchev–Trinajstić information content (AvgIpc) is 2.72. The summed E-state index contributed by atoms with van der Waals surface area (Å²) in [6, 6.07) is 3.45. The number of rotatable bonds is 6. The van der Waals surface area contributed by atoms with Gasteiger partial charge >= 0.3 is 6.18 Å². The molecular formula is C21H22ClF4N3O. The molecule has 0 aliphatic heterocycles. The van der Waals surface area contributed by atoms with Gasteiger partial charge in [0.2, 0.25) is 5.91 Å². The van der Waals surface area contributed by atoms with E-state index in [1.807, 2.05) is 0 Å². The Balaban J connectivity index is 1.68. The molecule has 1 saturated carbocycles. The van der Waals surface area contributed by atoms with Crippen molar-refractivity contribution in [3.05, 3.63) is 57.9 Å². The van der Waals surface area contributed by atoms with Crippen molar-refractivity contribution in [3.63, 3.8) is 0 Å². The number of hydrogen-bond donors (Lipinski definition) is 2. The second kappa shape index (κ2) is 9.20. The number of alkyl halides is 4. The lowest BCUT2D eigenvalue weighted by Gasteiger charge is -2.30. The van der Waals surface area contributed by atoms with Gasteiger partial charge in [-0.15, -0.1) is 0 Å². The number of primary amides is 1. The molecule has 1 heterocycles. The van der Waals surface area contributed by atoms with Crippen LogP contribution in [0.5, 0.6) is 0 Å². The lowest BCUT2D eigenvalue weighted by molar-refractivity contribution is -0.137. The molecule has 0 radical (unpaired) electrons. The number of nitrogens with two attached hydrogens (primary N) is 1. The van der Waals surface area contributed by atoms with Crippen LogP contribution in [-0.4, -0.2) is 17.4 Å². The van der Waals surface area contributed by atoms with E-state index in [4.69, 9.17) is 17.3 Å². The predicted octanol–water partition coefficient (Wildman–Crippen LogP) is 5.71. The Hall–Kier alpha value is -2.35. The zero-order chi connectivity index (χ0) is 21.9. The molecule has 1 aliphatic carbocycles. The molecule has 0 bridgehead atoms. The van der Waals surface area contributed by atoms with Gasteiger partial charge in [0.1, 0.15) is 6.67 Å². The van der Waals surface area contributed by atoms with Gasteiger partial charge in [-0.25, -0.2) is 4.39 Å². The maximum absolute atomic E-state index is 13.3. The summed E-state index contributed by atoms with van der Waals surface area (Å²) in [6.45, 7) is 0.0751. The summed E-state index contributed by atoms with van der Waals surface area (Å²) in [5.74, 6) is -0.837. The van der Waals surface area contributed by atoms with E-state index in [9.17, 15) is 22.4 Å². The number of nitrogens with zero attached hydrogens (tertiary/aromatic N) is 1. The van der Waals surface area contributed by atoms with Gasteiger partial charge in [-0.2, -0.15) is 13.2 Å². The zero-order valence-corrected chi connectivity index (χ0v) is 16.9. The van der Waals surface area contributed by atoms with Crippen molar-refractivity contribution < 1.29 is 22.4 Å². The number of hydrogen-bond acceptors (Lipinski definition) is 3. The van der Waals surface area contributed by atoms with E-state index < -0.39 is 24.3 Å². The Morgan fingerprint density at radius 3 is 2.47 bits per heavy atom. The molecule has 0 atom stereocenters. The van der Waals surface area contributed by atoms with Crippen LogP contribution in [0.3, 0.4) is 0 Å². The molecule has 0 spiro atoms. The summed E-state index contributed by atoms with van der Waals surface area (Å²) >= 11 is 6.25. The summed E-state index contributed by atoms with van der Waals surface area (Å²) in [7, 11) is 0. The first-order valence-corrected chi connectivity index (χ1v) is 10.0. The fourth-order valence-corrected chi connectivity index (χ4v) is 4.24. The molecule has 2 aromatic rings. The molecule has 3 rings (SSSR count). The number of nitrogens with one attached hydrogen (secondary N) is 1. The van der Waals surface area contributed by atoms with E-state index in [1.54, 1.807) is 12.3 Å². The third-order valence-electron chi connectivity index (χ3n) is 5.52. The molecule has 1 aromatic heterocycles. The first-order valence-electron chi connectivity index (χ1n) is 9.63. The Kier molecular flexibility index (Phi) is 6.85. The third kappa shape index (κ3) is 5.22. The van der Waals surface area contributed by atoms with Crippen molar-refractivity contribution in [3.8, 4) is 0 Å². The second-order valence-corrected chi connectivity index (χ2v) is 7.98. The highest BCUT2D eigenvalue weighted by Crippen LogP contribution is 2.42. The molecule has 0 saturated heterocycles. The summed E-state index contributed by atoms with van der Waals surface area (Å²) < 4.78 is 52.5. The predicted molar refractivity (Wildman–Crippen MR) is 107 cm³/mol. The monoisotopic (exact) mass is 443 g/mol. The topological polar surface area (TPSA) is 68.0 Å². The first kappa shape index (κ1) is 22.3. The maximum Gasteiger partial charge on any atom is 0.416 e. The van der Waals surface area contributed by atoms with Crippen LogP contribution in [-0.2, 0) is 12.9 Å². The van der Waals surface area contributed by atoms with E-state index in [0.29, 0.717) is 42.5 Å². The van der Waals surface area contributed by atoms with Crippen LogP contribution in [0, 0.1) is 5.92 Å². The van der Waals surface area contributed by atoms with Gasteiger partial charge in [0.25, 0.3) is 0 Å². The number of amides is 1. The van der Waals surface area contributed by atoms with Crippen molar-refractivity contribution in [1.82, 2.24) is 4.98 Å². The molecule has 1 amide bonds. The molecule has 9 heteroatoms. The van der Waals surface area contributed by atoms with E-state index in [1.165, 1.54) is 6.20 Å². The van der Waals surface area contributed by atoms with Crippen LogP contribution in [0.2, 0.25) is 5.02 Å². The number of halogens is 5. The van der Waals surface area contributed by atoms with Gasteiger partial charge in [0, 0.05) is 24.5 Å². The molecule has 3 N–H and O–H groups in total. The summed E-state index contributed by atoms with van der Waals surface area (Å²) in [5, 5.41) is 3.25. The van der Waals surface area contributed by atoms with Gasteiger partial charge in [-0.1, -0.05) is 11.6 Å². The highest BCUT2D eigenvalue weighted by atomic mass is 35.5. The summed E-state index contributed by atoms with van der Waals surface area (Å²) in [5.41, 5.74) is 5.57. The van der Waals surface area contributed by atoms with Crippen molar-refractivity contribution in [1.29, 1.82) is 0 Å². The summed E-state index contributed by atoms with van der Waals surface area (Å²) in [4.78, 5) is 15.6. The minimum absolute atomic E-state index is 0.00573. The molecule has 1 aromatic carbocycles. The van der Waals surface area contributed by atoms with E-state index in [0.717, 1.165) is 24.6 Å². The molecule has 0 unspecified atom stereocenters. The number of benzene rings is 1. The molecular weight excluding hydrogens is 422 g/mol. The van der Waals surface area contributed by atoms with Crippen LogP contribution >= 0.6 is 11.6 Å². The quantitative estimate of drug-likeness (QED) is 0.562. The lowest BCUT2D eigenvalue weighted by atomic mass is 9.78. The third-order valence-corrected chi connectivity index (χ3v) is 5.95. The highest BCUT2D eigenvalue weighted by Gasteiger charge is 2.34. The Morgan fingerprint density at radius 2 is 1.87 bits per heavy atom. The number of carbonyl (C=O) groups excluding carboxylic acids is 1. The van der Waals surface area contributed by atoms with E-state index in [-0.39, 0.29) is 16.5 Å². The first-order chi connectivity index (χ1) is 14.2. The van der Waals surface area contributed by atoms with Crippen molar-refractivity contribution in [2.24, 2.45) is 11.7 Å². The van der Waals surface area contributed by atoms with Crippen molar-refractivity contribution in [2.75, 3.05) is 11.9 Å². The second-order valence-electron chi connectivity index (χ2n) is 7.60. The maximum atomic E-state index is 13.3. The standard InChI is InChI=1S/C21H22ClF4N3O/c22-19-17(6-15(21(24,25)26)7-18(19)20(27)30)14-3-1-12(2-4-14)10-29-16-5-13(8-23)9-28-11-16/h5-7,9,11-12,14,29H,1-4,8,10H2,(H2,27,30). The number of pyridine rings is 1. The van der Waals surface area contributed by atoms with Gasteiger partial charge in [0.15, 0.2) is 0 Å². The van der Waals surface area contributed by atoms with Gasteiger partial charge in [-0.05, 0) is 61.3 Å². The Bertz CT molecular complexity index is 912. The van der Waals surface area contributed by atoms with Crippen LogP contribution in [0.15, 0.2) is 30.6 Å². The number of anilines is 1. The highest BCUT2D eigenvalue weighted by molar-refractivity contribution is 6.34. The largest absolute Gasteiger partial charge is 0.416 e. The summed E-state index contributed by atoms with van der Waals surface area (Å²) in [6.07, 6.45) is 1.36. The molecule has 1 aliphatic rings. The average molecular weight is 444 g/mol. The van der Waals surface area contributed by atoms with Crippen LogP contribution in [0.4, 0.5) is 23.2 Å². The minimum Gasteiger partial charge on any atom is -0.384 e. The minimum atomic E-state index is -4.59.